The van der Waals surface area contributed by atoms with Crippen molar-refractivity contribution in [2.75, 3.05) is 20.8 Å². The van der Waals surface area contributed by atoms with Gasteiger partial charge in [-0.05, 0) is 7.05 Å². The molecule has 1 rings (SSSR count). The lowest BCUT2D eigenvalue weighted by Crippen LogP contribution is -2.69. The number of β-lactam (4-membered cyclic amide) rings is 1. The number of rotatable bonds is 3. The smallest absolute Gasteiger partial charge is 0.239 e. The molecular weight excluding hydrogens is 132 g/mol. The number of hydrogen-bond acceptors (Lipinski definition) is 3. The maximum atomic E-state index is 10.7. The van der Waals surface area contributed by atoms with Gasteiger partial charge in [0.2, 0.25) is 5.91 Å². The lowest BCUT2D eigenvalue weighted by molar-refractivity contribution is -0.132. The van der Waals surface area contributed by atoms with Gasteiger partial charge in [-0.2, -0.15) is 0 Å². The van der Waals surface area contributed by atoms with Crippen LogP contribution in [0.5, 0.6) is 0 Å². The second kappa shape index (κ2) is 2.98. The molecule has 2 unspecified atom stereocenters. The van der Waals surface area contributed by atoms with E-state index in [1.807, 2.05) is 0 Å². The standard InChI is InChI=1S/C6H12N2O2/c1-7-5-4(3-10-2)8-6(5)9/h4-5,7H,3H2,1-2H3,(H,8,9). The van der Waals surface area contributed by atoms with Gasteiger partial charge in [0.15, 0.2) is 0 Å². The minimum atomic E-state index is -0.0556. The number of ether oxygens (including phenoxy) is 1. The zero-order valence-corrected chi connectivity index (χ0v) is 6.18. The predicted octanol–water partition coefficient (Wildman–Crippen LogP) is -1.28. The first-order valence-electron chi connectivity index (χ1n) is 3.26. The minimum Gasteiger partial charge on any atom is -0.382 e. The van der Waals surface area contributed by atoms with Gasteiger partial charge in [0, 0.05) is 7.11 Å². The molecule has 0 aromatic carbocycles. The van der Waals surface area contributed by atoms with Gasteiger partial charge in [-0.3, -0.25) is 4.79 Å². The second-order valence-corrected chi connectivity index (χ2v) is 2.34. The molecular formula is C6H12N2O2. The molecule has 0 saturated carbocycles. The van der Waals surface area contributed by atoms with Crippen molar-refractivity contribution < 1.29 is 9.53 Å². The summed E-state index contributed by atoms with van der Waals surface area (Å²) in [6, 6.07) is 0.0995. The van der Waals surface area contributed by atoms with Crippen LogP contribution in [-0.2, 0) is 9.53 Å². The minimum absolute atomic E-state index is 0.0556. The fourth-order valence-corrected chi connectivity index (χ4v) is 1.09. The van der Waals surface area contributed by atoms with E-state index in [-0.39, 0.29) is 18.0 Å². The van der Waals surface area contributed by atoms with E-state index in [1.54, 1.807) is 14.2 Å². The van der Waals surface area contributed by atoms with E-state index in [4.69, 9.17) is 4.74 Å². The van der Waals surface area contributed by atoms with Crippen molar-refractivity contribution >= 4 is 5.91 Å². The third-order valence-electron chi connectivity index (χ3n) is 1.67. The van der Waals surface area contributed by atoms with E-state index in [9.17, 15) is 4.79 Å². The number of methoxy groups -OCH3 is 1. The third-order valence-corrected chi connectivity index (χ3v) is 1.67. The largest absolute Gasteiger partial charge is 0.382 e. The number of carbonyl (C=O) groups is 1. The summed E-state index contributed by atoms with van der Waals surface area (Å²) < 4.78 is 4.87. The Morgan fingerprint density at radius 1 is 1.80 bits per heavy atom. The Morgan fingerprint density at radius 3 is 2.90 bits per heavy atom. The summed E-state index contributed by atoms with van der Waals surface area (Å²) in [7, 11) is 3.39. The van der Waals surface area contributed by atoms with Crippen LogP contribution in [-0.4, -0.2) is 38.8 Å². The Balaban J connectivity index is 2.30. The van der Waals surface area contributed by atoms with Gasteiger partial charge in [-0.1, -0.05) is 0 Å². The molecule has 0 aliphatic carbocycles. The van der Waals surface area contributed by atoms with Crippen molar-refractivity contribution in [1.29, 1.82) is 0 Å². The highest BCUT2D eigenvalue weighted by Gasteiger charge is 2.37. The average molecular weight is 144 g/mol. The monoisotopic (exact) mass is 144 g/mol. The summed E-state index contributed by atoms with van der Waals surface area (Å²) in [4.78, 5) is 10.7. The molecule has 2 N–H and O–H groups in total. The number of hydrogen-bond donors (Lipinski definition) is 2. The van der Waals surface area contributed by atoms with Crippen LogP contribution in [0.25, 0.3) is 0 Å². The quantitative estimate of drug-likeness (QED) is 0.485. The Morgan fingerprint density at radius 2 is 2.50 bits per heavy atom. The van der Waals surface area contributed by atoms with Gasteiger partial charge in [0.25, 0.3) is 0 Å². The van der Waals surface area contributed by atoms with E-state index < -0.39 is 0 Å². The second-order valence-electron chi connectivity index (χ2n) is 2.34. The maximum absolute atomic E-state index is 10.7. The van der Waals surface area contributed by atoms with Gasteiger partial charge < -0.3 is 15.4 Å². The van der Waals surface area contributed by atoms with Crippen LogP contribution in [0.2, 0.25) is 0 Å². The molecule has 4 nitrogen and oxygen atoms in total. The molecule has 0 spiro atoms. The normalized spacial score (nSPS) is 31.2. The molecule has 1 aliphatic heterocycles. The fourth-order valence-electron chi connectivity index (χ4n) is 1.09. The summed E-state index contributed by atoms with van der Waals surface area (Å²) in [5.41, 5.74) is 0. The molecule has 0 bridgehead atoms. The van der Waals surface area contributed by atoms with E-state index in [0.29, 0.717) is 6.61 Å². The molecule has 0 radical (unpaired) electrons. The first kappa shape index (κ1) is 7.50. The van der Waals surface area contributed by atoms with Gasteiger partial charge in [-0.25, -0.2) is 0 Å². The van der Waals surface area contributed by atoms with Crippen molar-refractivity contribution in [3.8, 4) is 0 Å². The Labute approximate surface area is 59.9 Å². The van der Waals surface area contributed by atoms with E-state index >= 15 is 0 Å². The van der Waals surface area contributed by atoms with E-state index in [2.05, 4.69) is 10.6 Å². The highest BCUT2D eigenvalue weighted by Crippen LogP contribution is 2.04. The summed E-state index contributed by atoms with van der Waals surface area (Å²) in [5.74, 6) is 0.0598. The third kappa shape index (κ3) is 1.12. The number of nitrogens with one attached hydrogen (secondary N) is 2. The zero-order valence-electron chi connectivity index (χ0n) is 6.18. The topological polar surface area (TPSA) is 50.4 Å². The van der Waals surface area contributed by atoms with Crippen LogP contribution in [0.15, 0.2) is 0 Å². The van der Waals surface area contributed by atoms with Gasteiger partial charge >= 0.3 is 0 Å². The van der Waals surface area contributed by atoms with Crippen LogP contribution in [0.3, 0.4) is 0 Å². The summed E-state index contributed by atoms with van der Waals surface area (Å²) >= 11 is 0. The summed E-state index contributed by atoms with van der Waals surface area (Å²) in [6.45, 7) is 0.581. The lowest BCUT2D eigenvalue weighted by Gasteiger charge is -2.35. The molecule has 1 fully saturated rings. The van der Waals surface area contributed by atoms with E-state index in [1.165, 1.54) is 0 Å². The van der Waals surface area contributed by atoms with E-state index in [0.717, 1.165) is 0 Å². The Kier molecular flexibility index (Phi) is 2.24. The van der Waals surface area contributed by atoms with Crippen LogP contribution >= 0.6 is 0 Å². The number of likely N-dealkylation sites (N-methyl/N-ethyl adjacent to an activating group) is 1. The maximum Gasteiger partial charge on any atom is 0.239 e. The van der Waals surface area contributed by atoms with Crippen molar-refractivity contribution in [2.24, 2.45) is 0 Å². The molecule has 58 valence electrons. The molecule has 1 amide bonds. The Hall–Kier alpha value is -0.610. The van der Waals surface area contributed by atoms with Crippen molar-refractivity contribution in [2.45, 2.75) is 12.1 Å². The SMILES string of the molecule is CNC1C(=O)NC1COC. The lowest BCUT2D eigenvalue weighted by atomic mass is 10.0. The highest BCUT2D eigenvalue weighted by atomic mass is 16.5. The van der Waals surface area contributed by atoms with Crippen molar-refractivity contribution in [3.05, 3.63) is 0 Å². The first-order valence-corrected chi connectivity index (χ1v) is 3.26. The molecule has 2 atom stereocenters. The predicted molar refractivity (Wildman–Crippen MR) is 36.7 cm³/mol. The van der Waals surface area contributed by atoms with Gasteiger partial charge in [0.1, 0.15) is 6.04 Å². The molecule has 1 heterocycles. The molecule has 10 heavy (non-hydrogen) atoms. The molecule has 1 saturated heterocycles. The van der Waals surface area contributed by atoms with Crippen LogP contribution in [0.1, 0.15) is 0 Å². The molecule has 4 heteroatoms. The number of carbonyl (C=O) groups excluding carboxylic acids is 1. The van der Waals surface area contributed by atoms with Crippen LogP contribution in [0, 0.1) is 0 Å². The number of amides is 1. The first-order chi connectivity index (χ1) is 4.79. The molecule has 1 aliphatic rings. The van der Waals surface area contributed by atoms with Crippen LogP contribution in [0.4, 0.5) is 0 Å². The highest BCUT2D eigenvalue weighted by molar-refractivity contribution is 5.89. The zero-order chi connectivity index (χ0) is 7.56. The van der Waals surface area contributed by atoms with Crippen molar-refractivity contribution in [1.82, 2.24) is 10.6 Å². The van der Waals surface area contributed by atoms with Crippen LogP contribution < -0.4 is 10.6 Å². The molecule has 0 aromatic rings. The average Bonchev–Trinajstić information content (AvgIpc) is 1.88. The molecule has 0 aromatic heterocycles. The van der Waals surface area contributed by atoms with Gasteiger partial charge in [0.05, 0.1) is 12.6 Å². The summed E-state index contributed by atoms with van der Waals surface area (Å²) in [5, 5.41) is 5.61. The van der Waals surface area contributed by atoms with Crippen molar-refractivity contribution in [3.63, 3.8) is 0 Å². The van der Waals surface area contributed by atoms with Gasteiger partial charge in [-0.15, -0.1) is 0 Å². The fraction of sp³-hybridized carbons (Fsp3) is 0.833. The Bertz CT molecular complexity index is 138. The summed E-state index contributed by atoms with van der Waals surface area (Å²) in [6.07, 6.45) is 0.